The first-order chi connectivity index (χ1) is 8.85. The Hall–Kier alpha value is -1.50. The van der Waals surface area contributed by atoms with Gasteiger partial charge in [0.2, 0.25) is 5.95 Å². The summed E-state index contributed by atoms with van der Waals surface area (Å²) in [6.45, 7) is 3.72. The maximum absolute atomic E-state index is 4.46. The number of thioether (sulfide) groups is 1. The lowest BCUT2D eigenvalue weighted by Crippen LogP contribution is -2.08. The molecular weight excluding hydrogens is 248 g/mol. The normalized spacial score (nSPS) is 10.8. The van der Waals surface area contributed by atoms with E-state index in [1.54, 1.807) is 6.20 Å². The van der Waals surface area contributed by atoms with Crippen LogP contribution in [0.5, 0.6) is 0 Å². The van der Waals surface area contributed by atoms with Gasteiger partial charge in [0.15, 0.2) is 5.65 Å². The summed E-state index contributed by atoms with van der Waals surface area (Å²) in [6, 6.07) is 0. The molecule has 2 aromatic rings. The third-order valence-electron chi connectivity index (χ3n) is 2.46. The highest BCUT2D eigenvalue weighted by molar-refractivity contribution is 7.98. The van der Waals surface area contributed by atoms with Gasteiger partial charge in [-0.2, -0.15) is 26.8 Å². The van der Waals surface area contributed by atoms with Crippen LogP contribution in [0.15, 0.2) is 6.20 Å². The van der Waals surface area contributed by atoms with Crippen LogP contribution in [0.2, 0.25) is 0 Å². The second kappa shape index (κ2) is 6.44. The van der Waals surface area contributed by atoms with Crippen LogP contribution >= 0.6 is 11.8 Å². The number of H-pyrrole nitrogens is 1. The highest BCUT2D eigenvalue weighted by atomic mass is 32.2. The second-order valence-electron chi connectivity index (χ2n) is 3.83. The molecule has 0 fully saturated rings. The molecule has 2 heterocycles. The van der Waals surface area contributed by atoms with Gasteiger partial charge in [0.1, 0.15) is 5.82 Å². The van der Waals surface area contributed by atoms with Crippen LogP contribution in [-0.4, -0.2) is 45.3 Å². The summed E-state index contributed by atoms with van der Waals surface area (Å²) in [4.78, 5) is 8.81. The maximum Gasteiger partial charge on any atom is 0.226 e. The Bertz CT molecular complexity index is 497. The van der Waals surface area contributed by atoms with E-state index in [0.29, 0.717) is 5.95 Å². The first-order valence-electron chi connectivity index (χ1n) is 6.03. The Balaban J connectivity index is 2.15. The van der Waals surface area contributed by atoms with E-state index < -0.39 is 0 Å². The fourth-order valence-electron chi connectivity index (χ4n) is 1.63. The molecule has 0 radical (unpaired) electrons. The van der Waals surface area contributed by atoms with Gasteiger partial charge >= 0.3 is 0 Å². The lowest BCUT2D eigenvalue weighted by atomic mass is 10.3. The smallest absolute Gasteiger partial charge is 0.226 e. The van der Waals surface area contributed by atoms with Crippen molar-refractivity contribution in [3.63, 3.8) is 0 Å². The third-order valence-corrected chi connectivity index (χ3v) is 3.16. The number of aromatic amines is 1. The van der Waals surface area contributed by atoms with E-state index in [2.05, 4.69) is 37.1 Å². The van der Waals surface area contributed by atoms with Crippen LogP contribution in [0.4, 0.5) is 11.8 Å². The number of nitrogens with one attached hydrogen (secondary N) is 3. The van der Waals surface area contributed by atoms with E-state index in [1.807, 2.05) is 18.7 Å². The number of aromatic nitrogens is 4. The molecule has 98 valence electrons. The van der Waals surface area contributed by atoms with Gasteiger partial charge in [-0.3, -0.25) is 5.10 Å². The first-order valence-corrected chi connectivity index (χ1v) is 7.42. The number of fused-ring (bicyclic) bond motifs is 1. The summed E-state index contributed by atoms with van der Waals surface area (Å²) in [7, 11) is 0. The molecule has 0 spiro atoms. The Morgan fingerprint density at radius 1 is 1.33 bits per heavy atom. The van der Waals surface area contributed by atoms with Gasteiger partial charge in [0, 0.05) is 13.1 Å². The van der Waals surface area contributed by atoms with Crippen LogP contribution < -0.4 is 10.6 Å². The summed E-state index contributed by atoms with van der Waals surface area (Å²) in [6.07, 6.45) is 4.98. The van der Waals surface area contributed by atoms with Crippen molar-refractivity contribution in [1.29, 1.82) is 0 Å². The Morgan fingerprint density at radius 3 is 3.00 bits per heavy atom. The molecule has 7 heteroatoms. The third kappa shape index (κ3) is 3.04. The summed E-state index contributed by atoms with van der Waals surface area (Å²) in [5.74, 6) is 2.61. The average Bonchev–Trinajstić information content (AvgIpc) is 2.83. The average molecular weight is 266 g/mol. The molecule has 0 aromatic carbocycles. The first kappa shape index (κ1) is 12.9. The zero-order valence-electron chi connectivity index (χ0n) is 10.7. The number of hydrogen-bond donors (Lipinski definition) is 3. The van der Waals surface area contributed by atoms with Crippen LogP contribution in [-0.2, 0) is 0 Å². The monoisotopic (exact) mass is 266 g/mol. The lowest BCUT2D eigenvalue weighted by Gasteiger charge is -2.08. The van der Waals surface area contributed by atoms with Crippen molar-refractivity contribution < 1.29 is 0 Å². The molecule has 0 aliphatic carbocycles. The summed E-state index contributed by atoms with van der Waals surface area (Å²) < 4.78 is 0. The number of hydrogen-bond acceptors (Lipinski definition) is 6. The molecule has 0 aliphatic rings. The van der Waals surface area contributed by atoms with Gasteiger partial charge in [0.05, 0.1) is 11.6 Å². The Labute approximate surface area is 110 Å². The summed E-state index contributed by atoms with van der Waals surface area (Å²) >= 11 is 1.85. The number of nitrogens with zero attached hydrogens (tertiary/aromatic N) is 3. The molecule has 0 bridgehead atoms. The van der Waals surface area contributed by atoms with Gasteiger partial charge in [0.25, 0.3) is 0 Å². The van der Waals surface area contributed by atoms with Crippen LogP contribution in [0.3, 0.4) is 0 Å². The van der Waals surface area contributed by atoms with E-state index in [1.165, 1.54) is 0 Å². The Morgan fingerprint density at radius 2 is 2.22 bits per heavy atom. The molecule has 0 amide bonds. The Kier molecular flexibility index (Phi) is 4.63. The molecule has 6 nitrogen and oxygen atoms in total. The highest BCUT2D eigenvalue weighted by Crippen LogP contribution is 2.19. The van der Waals surface area contributed by atoms with Crippen molar-refractivity contribution in [3.8, 4) is 0 Å². The van der Waals surface area contributed by atoms with Crippen LogP contribution in [0.1, 0.15) is 13.3 Å². The van der Waals surface area contributed by atoms with Gasteiger partial charge in [-0.05, 0) is 25.4 Å². The molecule has 18 heavy (non-hydrogen) atoms. The van der Waals surface area contributed by atoms with Crippen molar-refractivity contribution in [1.82, 2.24) is 20.2 Å². The molecule has 0 unspecified atom stereocenters. The molecule has 0 atom stereocenters. The largest absolute Gasteiger partial charge is 0.369 e. The van der Waals surface area contributed by atoms with Crippen molar-refractivity contribution in [3.05, 3.63) is 6.20 Å². The fourth-order valence-corrected chi connectivity index (χ4v) is 2.06. The SMILES string of the molecule is CCNc1nc(NCCCSC)c2cn[nH]c2n1. The van der Waals surface area contributed by atoms with Gasteiger partial charge < -0.3 is 10.6 Å². The minimum absolute atomic E-state index is 0.626. The standard InChI is InChI=1S/C11H18N6S/c1-3-12-11-15-9(13-5-4-6-18-2)8-7-14-17-10(8)16-11/h7H,3-6H2,1-2H3,(H3,12,13,14,15,16,17). The van der Waals surface area contributed by atoms with E-state index in [4.69, 9.17) is 0 Å². The molecule has 0 aliphatic heterocycles. The molecule has 2 rings (SSSR count). The van der Waals surface area contributed by atoms with E-state index in [0.717, 1.165) is 42.1 Å². The number of anilines is 2. The van der Waals surface area contributed by atoms with Gasteiger partial charge in [-0.25, -0.2) is 0 Å². The summed E-state index contributed by atoms with van der Waals surface area (Å²) in [5, 5.41) is 14.3. The zero-order chi connectivity index (χ0) is 12.8. The minimum Gasteiger partial charge on any atom is -0.369 e. The van der Waals surface area contributed by atoms with E-state index >= 15 is 0 Å². The molecule has 2 aromatic heterocycles. The molecule has 3 N–H and O–H groups in total. The van der Waals surface area contributed by atoms with Gasteiger partial charge in [-0.15, -0.1) is 0 Å². The molecule has 0 saturated heterocycles. The number of rotatable bonds is 7. The van der Waals surface area contributed by atoms with Gasteiger partial charge in [-0.1, -0.05) is 0 Å². The van der Waals surface area contributed by atoms with Crippen molar-refractivity contribution in [2.24, 2.45) is 0 Å². The maximum atomic E-state index is 4.46. The quantitative estimate of drug-likeness (QED) is 0.665. The topological polar surface area (TPSA) is 78.5 Å². The van der Waals surface area contributed by atoms with Crippen molar-refractivity contribution in [2.45, 2.75) is 13.3 Å². The second-order valence-corrected chi connectivity index (χ2v) is 4.82. The van der Waals surface area contributed by atoms with E-state index in [-0.39, 0.29) is 0 Å². The zero-order valence-corrected chi connectivity index (χ0v) is 11.5. The predicted molar refractivity (Wildman–Crippen MR) is 77.3 cm³/mol. The highest BCUT2D eigenvalue weighted by Gasteiger charge is 2.08. The van der Waals surface area contributed by atoms with Crippen LogP contribution in [0.25, 0.3) is 11.0 Å². The lowest BCUT2D eigenvalue weighted by molar-refractivity contribution is 0.980. The minimum atomic E-state index is 0.626. The molecule has 0 saturated carbocycles. The summed E-state index contributed by atoms with van der Waals surface area (Å²) in [5.41, 5.74) is 0.758. The predicted octanol–water partition coefficient (Wildman–Crippen LogP) is 1.95. The fraction of sp³-hybridized carbons (Fsp3) is 0.545. The van der Waals surface area contributed by atoms with Crippen molar-refractivity contribution in [2.75, 3.05) is 35.7 Å². The van der Waals surface area contributed by atoms with E-state index in [9.17, 15) is 0 Å². The molecular formula is C11H18N6S. The van der Waals surface area contributed by atoms with Crippen LogP contribution in [0, 0.1) is 0 Å². The van der Waals surface area contributed by atoms with Crippen molar-refractivity contribution >= 4 is 34.6 Å².